The number of aromatic nitrogens is 3. The van der Waals surface area contributed by atoms with Gasteiger partial charge in [0.1, 0.15) is 48.5 Å². The number of nitrogens with one attached hydrogen (secondary N) is 9. The van der Waals surface area contributed by atoms with Gasteiger partial charge in [-0.25, -0.2) is 4.98 Å². The quantitative estimate of drug-likeness (QED) is 0.0196. The third-order valence-electron chi connectivity index (χ3n) is 14.4. The van der Waals surface area contributed by atoms with Crippen LogP contribution in [0.15, 0.2) is 78.1 Å². The summed E-state index contributed by atoms with van der Waals surface area (Å²) in [5.41, 5.74) is 7.14. The number of carbonyl (C=O) groups excluding carboxylic acids is 8. The van der Waals surface area contributed by atoms with E-state index in [9.17, 15) is 48.3 Å². The highest BCUT2D eigenvalue weighted by atomic mass is 16.3. The molecule has 12 N–H and O–H groups in total. The molecule has 450 valence electrons. The van der Waals surface area contributed by atoms with Gasteiger partial charge < -0.3 is 63.2 Å². The predicted octanol–water partition coefficient (Wildman–Crippen LogP) is 0.851. The molecule has 1 aliphatic heterocycles. The topological polar surface area (TPSA) is 357 Å². The number of hydrogen-bond donors (Lipinski definition) is 11. The SMILES string of the molecule is CCCC[C@H](NC(=O)[C@@H](NC(C)=O)[C@@H](C)CC)C(=O)N1CCN(c2ccc3ncn(CC(=O)N[C@@H](CCCNC(=N)N)C(=O)N[C@@H](Cc4cccnc4)C(=O)N[C@@H](Cc4ccc(O)cc4)C(=O)N[C@@H](CC(C)C)C(=O)NC)c(=O)c3c2)CC1. The molecule has 25 nitrogen and oxygen atoms in total. The fourth-order valence-electron chi connectivity index (χ4n) is 9.64. The van der Waals surface area contributed by atoms with Crippen molar-refractivity contribution in [1.29, 1.82) is 5.41 Å². The molecule has 2 aromatic heterocycles. The van der Waals surface area contributed by atoms with E-state index in [1.54, 1.807) is 41.3 Å². The zero-order valence-electron chi connectivity index (χ0n) is 48.6. The van der Waals surface area contributed by atoms with Crippen LogP contribution in [0.5, 0.6) is 5.75 Å². The first-order valence-electron chi connectivity index (χ1n) is 28.4. The van der Waals surface area contributed by atoms with Crippen molar-refractivity contribution < 1.29 is 43.5 Å². The zero-order chi connectivity index (χ0) is 60.8. The summed E-state index contributed by atoms with van der Waals surface area (Å²) in [6.45, 7) is 12.0. The predicted molar refractivity (Wildman–Crippen MR) is 313 cm³/mol. The third kappa shape index (κ3) is 20.1. The summed E-state index contributed by atoms with van der Waals surface area (Å²) in [7, 11) is 1.45. The minimum atomic E-state index is -1.35. The van der Waals surface area contributed by atoms with Crippen LogP contribution in [0.2, 0.25) is 0 Å². The number of anilines is 1. The number of benzene rings is 2. The highest BCUT2D eigenvalue weighted by Gasteiger charge is 2.35. The fraction of sp³-hybridized carbons (Fsp3) is 0.517. The van der Waals surface area contributed by atoms with Gasteiger partial charge in [-0.1, -0.05) is 72.1 Å². The Bertz CT molecular complexity index is 2930. The number of pyridine rings is 1. The smallest absolute Gasteiger partial charge is 0.261 e. The molecule has 0 radical (unpaired) electrons. The van der Waals surface area contributed by atoms with Crippen molar-refractivity contribution >= 4 is 69.8 Å². The largest absolute Gasteiger partial charge is 0.508 e. The van der Waals surface area contributed by atoms with Crippen LogP contribution in [0, 0.1) is 17.2 Å². The van der Waals surface area contributed by atoms with E-state index in [2.05, 4.69) is 52.5 Å². The van der Waals surface area contributed by atoms with Crippen molar-refractivity contribution in [3.05, 3.63) is 94.8 Å². The number of guanidine groups is 1. The Morgan fingerprint density at radius 2 is 1.36 bits per heavy atom. The number of likely N-dealkylation sites (N-methyl/N-ethyl adjacent to an activating group) is 1. The lowest BCUT2D eigenvalue weighted by Gasteiger charge is -2.38. The number of aromatic hydroxyl groups is 1. The van der Waals surface area contributed by atoms with E-state index in [-0.39, 0.29) is 73.0 Å². The molecule has 25 heteroatoms. The second-order valence-electron chi connectivity index (χ2n) is 21.4. The number of hydrogen-bond acceptors (Lipinski definition) is 14. The number of piperazine rings is 1. The minimum Gasteiger partial charge on any atom is -0.508 e. The summed E-state index contributed by atoms with van der Waals surface area (Å²) in [4.78, 5) is 136. The molecule has 0 spiro atoms. The van der Waals surface area contributed by atoms with E-state index in [0.29, 0.717) is 74.2 Å². The Hall–Kier alpha value is -8.64. The molecule has 0 unspecified atom stereocenters. The summed E-state index contributed by atoms with van der Waals surface area (Å²) in [5, 5.41) is 39.7. The summed E-state index contributed by atoms with van der Waals surface area (Å²) in [6, 6.07) is 8.14. The molecule has 8 amide bonds. The molecule has 0 saturated carbocycles. The molecule has 5 rings (SSSR count). The number of unbranched alkanes of at least 4 members (excludes halogenated alkanes) is 1. The van der Waals surface area contributed by atoms with Crippen molar-refractivity contribution in [2.45, 2.75) is 142 Å². The summed E-state index contributed by atoms with van der Waals surface area (Å²) in [5.74, 6) is -4.83. The van der Waals surface area contributed by atoms with Gasteiger partial charge in [-0.2, -0.15) is 0 Å². The monoisotopic (exact) mass is 1150 g/mol. The van der Waals surface area contributed by atoms with Gasteiger partial charge in [0.2, 0.25) is 47.3 Å². The van der Waals surface area contributed by atoms with E-state index >= 15 is 0 Å². The molecule has 83 heavy (non-hydrogen) atoms. The molecule has 0 aliphatic carbocycles. The number of nitrogens with zero attached hydrogens (tertiary/aromatic N) is 5. The molecule has 7 atom stereocenters. The van der Waals surface area contributed by atoms with Crippen LogP contribution in [-0.4, -0.2) is 154 Å². The number of carbonyl (C=O) groups is 8. The Morgan fingerprint density at radius 3 is 1.95 bits per heavy atom. The molecule has 1 aliphatic rings. The Balaban J connectivity index is 1.33. The number of amides is 8. The van der Waals surface area contributed by atoms with Gasteiger partial charge in [-0.3, -0.25) is 58.1 Å². The van der Waals surface area contributed by atoms with E-state index in [0.717, 1.165) is 11.0 Å². The highest BCUT2D eigenvalue weighted by molar-refractivity contribution is 5.96. The molecule has 1 saturated heterocycles. The van der Waals surface area contributed by atoms with Crippen LogP contribution < -0.4 is 58.7 Å². The van der Waals surface area contributed by atoms with E-state index in [1.807, 2.05) is 45.6 Å². The summed E-state index contributed by atoms with van der Waals surface area (Å²) >= 11 is 0. The van der Waals surface area contributed by atoms with Crippen LogP contribution in [0.1, 0.15) is 97.6 Å². The van der Waals surface area contributed by atoms with E-state index < -0.39 is 83.8 Å². The summed E-state index contributed by atoms with van der Waals surface area (Å²) < 4.78 is 1.11. The maximum absolute atomic E-state index is 14.5. The second-order valence-corrected chi connectivity index (χ2v) is 21.4. The van der Waals surface area contributed by atoms with Crippen LogP contribution in [0.3, 0.4) is 0 Å². The molecule has 4 aromatic rings. The minimum absolute atomic E-state index is 0.0135. The first-order chi connectivity index (χ1) is 39.6. The molecular formula is C58H83N15O10. The number of fused-ring (bicyclic) bond motifs is 1. The third-order valence-corrected chi connectivity index (χ3v) is 14.4. The van der Waals surface area contributed by atoms with Crippen molar-refractivity contribution in [3.63, 3.8) is 0 Å². The Morgan fingerprint density at radius 1 is 0.735 bits per heavy atom. The van der Waals surface area contributed by atoms with E-state index in [1.165, 1.54) is 44.8 Å². The lowest BCUT2D eigenvalue weighted by atomic mass is 9.97. The molecule has 2 aromatic carbocycles. The Kier molecular flexibility index (Phi) is 25.2. The number of phenols is 1. The highest BCUT2D eigenvalue weighted by Crippen LogP contribution is 2.22. The average molecular weight is 1150 g/mol. The first-order valence-corrected chi connectivity index (χ1v) is 28.4. The van der Waals surface area contributed by atoms with Gasteiger partial charge in [-0.05, 0) is 85.0 Å². The van der Waals surface area contributed by atoms with Gasteiger partial charge in [0.05, 0.1) is 17.2 Å². The number of nitrogens with two attached hydrogens (primary N) is 1. The maximum Gasteiger partial charge on any atom is 0.261 e. The van der Waals surface area contributed by atoms with Gasteiger partial charge in [0.25, 0.3) is 5.56 Å². The molecule has 0 bridgehead atoms. The van der Waals surface area contributed by atoms with Crippen molar-refractivity contribution in [2.24, 2.45) is 17.6 Å². The van der Waals surface area contributed by atoms with Gasteiger partial charge >= 0.3 is 0 Å². The fourth-order valence-corrected chi connectivity index (χ4v) is 9.64. The zero-order valence-corrected chi connectivity index (χ0v) is 48.6. The van der Waals surface area contributed by atoms with Gasteiger partial charge in [0.15, 0.2) is 5.96 Å². The number of rotatable bonds is 30. The lowest BCUT2D eigenvalue weighted by molar-refractivity contribution is -0.138. The maximum atomic E-state index is 14.5. The van der Waals surface area contributed by atoms with Crippen molar-refractivity contribution in [3.8, 4) is 5.75 Å². The van der Waals surface area contributed by atoms with Gasteiger partial charge in [-0.15, -0.1) is 0 Å². The van der Waals surface area contributed by atoms with Crippen LogP contribution >= 0.6 is 0 Å². The van der Waals surface area contributed by atoms with Crippen LogP contribution in [-0.2, 0) is 57.7 Å². The molecule has 3 heterocycles. The van der Waals surface area contributed by atoms with Crippen LogP contribution in [0.25, 0.3) is 10.9 Å². The average Bonchev–Trinajstić information content (AvgIpc) is 3.47. The first kappa shape index (κ1) is 65.2. The van der Waals surface area contributed by atoms with Gasteiger partial charge in [0, 0.05) is 77.6 Å². The molecule has 1 fully saturated rings. The Labute approximate surface area is 484 Å². The second kappa shape index (κ2) is 32.1. The van der Waals surface area contributed by atoms with E-state index in [4.69, 9.17) is 11.1 Å². The standard InChI is InChI=1S/C58H83N15O10/c1-8-10-14-45(67-55(81)50(36(5)9-2)65-37(6)74)57(83)72-26-24-71(25-27-72)40-18-21-43-42(31-40)56(82)73(34-64-43)33-49(76)66-44(15-12-23-63-58(59)60)52(78)69-48(30-39-13-11-22-62-32-39)54(80)70-47(29-38-16-19-41(75)20-17-38)53(79)68-46(28-35(3)4)51(77)61-7/h11,13,16-22,31-32,34-36,44-48,50,75H,8-10,12,14-15,23-30,33H2,1-7H3,(H,61,77)(H,65,74)(H,66,76)(H,67,81)(H,68,79)(H,69,78)(H,70,80)(H4,59,60,63)/t36-,44-,45-,46-,47-,48-,50-/m0/s1. The summed E-state index contributed by atoms with van der Waals surface area (Å²) in [6.07, 6.45) is 7.21. The molecular weight excluding hydrogens is 1070 g/mol. The number of phenolic OH excluding ortho intramolecular Hbond substituents is 1. The van der Waals surface area contributed by atoms with Crippen LogP contribution in [0.4, 0.5) is 5.69 Å². The van der Waals surface area contributed by atoms with Crippen molar-refractivity contribution in [1.82, 2.24) is 62.0 Å². The normalized spacial score (nSPS) is 14.8. The van der Waals surface area contributed by atoms with Crippen molar-refractivity contribution in [2.75, 3.05) is 44.7 Å². The lowest BCUT2D eigenvalue weighted by Crippen LogP contribution is -2.59.